The third-order valence-corrected chi connectivity index (χ3v) is 2.19. The number of rotatable bonds is 5. The number of nitrogens with one attached hydrogen (secondary N) is 1. The lowest BCUT2D eigenvalue weighted by atomic mass is 10.2. The summed E-state index contributed by atoms with van der Waals surface area (Å²) in [6, 6.07) is 6.36. The van der Waals surface area contributed by atoms with Gasteiger partial charge in [-0.05, 0) is 38.1 Å². The number of carbonyl (C=O) groups is 2. The Kier molecular flexibility index (Phi) is 7.79. The average molecular weight is 287 g/mol. The second-order valence-corrected chi connectivity index (χ2v) is 4.03. The number of halogens is 1. The van der Waals surface area contributed by atoms with Gasteiger partial charge in [0.15, 0.2) is 0 Å². The van der Waals surface area contributed by atoms with E-state index < -0.39 is 0 Å². The highest BCUT2D eigenvalue weighted by atomic mass is 35.5. The average Bonchev–Trinajstić information content (AvgIpc) is 2.29. The summed E-state index contributed by atoms with van der Waals surface area (Å²) in [6.07, 6.45) is 0.264. The zero-order valence-electron chi connectivity index (χ0n) is 11.0. The van der Waals surface area contributed by atoms with Crippen LogP contribution in [-0.4, -0.2) is 24.5 Å². The summed E-state index contributed by atoms with van der Waals surface area (Å²) in [5.41, 5.74) is 6.62. The van der Waals surface area contributed by atoms with Gasteiger partial charge in [-0.2, -0.15) is 0 Å². The molecule has 1 amide bonds. The first-order valence-electron chi connectivity index (χ1n) is 5.85. The van der Waals surface area contributed by atoms with Gasteiger partial charge in [0.1, 0.15) is 0 Å². The molecule has 0 saturated carbocycles. The molecule has 106 valence electrons. The van der Waals surface area contributed by atoms with Crippen molar-refractivity contribution in [2.75, 3.05) is 11.9 Å². The predicted molar refractivity (Wildman–Crippen MR) is 76.5 cm³/mol. The maximum Gasteiger partial charge on any atom is 0.338 e. The van der Waals surface area contributed by atoms with Crippen LogP contribution in [-0.2, 0) is 9.53 Å². The lowest BCUT2D eigenvalue weighted by Crippen LogP contribution is -2.23. The molecule has 0 spiro atoms. The van der Waals surface area contributed by atoms with Crippen molar-refractivity contribution in [1.82, 2.24) is 0 Å². The van der Waals surface area contributed by atoms with Crippen LogP contribution in [0.3, 0.4) is 0 Å². The zero-order chi connectivity index (χ0) is 13.5. The van der Waals surface area contributed by atoms with Crippen LogP contribution in [0, 0.1) is 0 Å². The van der Waals surface area contributed by atoms with Gasteiger partial charge in [0.2, 0.25) is 5.91 Å². The lowest BCUT2D eigenvalue weighted by Gasteiger charge is -2.08. The fraction of sp³-hybridized carbons (Fsp3) is 0.385. The number of benzene rings is 1. The monoisotopic (exact) mass is 286 g/mol. The Bertz CT molecular complexity index is 418. The van der Waals surface area contributed by atoms with Crippen molar-refractivity contribution in [3.05, 3.63) is 29.8 Å². The fourth-order valence-corrected chi connectivity index (χ4v) is 1.41. The minimum absolute atomic E-state index is 0. The van der Waals surface area contributed by atoms with Gasteiger partial charge >= 0.3 is 5.97 Å². The summed E-state index contributed by atoms with van der Waals surface area (Å²) in [7, 11) is 0. The second kappa shape index (κ2) is 8.50. The quantitative estimate of drug-likeness (QED) is 0.811. The van der Waals surface area contributed by atoms with Crippen LogP contribution in [0.1, 0.15) is 30.6 Å². The van der Waals surface area contributed by atoms with Gasteiger partial charge in [0.25, 0.3) is 0 Å². The Morgan fingerprint density at radius 2 is 1.89 bits per heavy atom. The molecule has 5 nitrogen and oxygen atoms in total. The summed E-state index contributed by atoms with van der Waals surface area (Å²) in [5.74, 6) is -0.514. The summed E-state index contributed by atoms with van der Waals surface area (Å²) in [5, 5.41) is 2.70. The molecule has 3 N–H and O–H groups in total. The first-order chi connectivity index (χ1) is 8.52. The van der Waals surface area contributed by atoms with Crippen molar-refractivity contribution >= 4 is 30.0 Å². The smallest absolute Gasteiger partial charge is 0.338 e. The molecular weight excluding hydrogens is 268 g/mol. The molecule has 0 heterocycles. The predicted octanol–water partition coefficient (Wildman–Crippen LogP) is 1.96. The van der Waals surface area contributed by atoms with Crippen molar-refractivity contribution < 1.29 is 14.3 Å². The van der Waals surface area contributed by atoms with E-state index in [0.717, 1.165) is 0 Å². The highest BCUT2D eigenvalue weighted by molar-refractivity contribution is 5.93. The molecule has 0 radical (unpaired) electrons. The summed E-state index contributed by atoms with van der Waals surface area (Å²) in [4.78, 5) is 22.9. The van der Waals surface area contributed by atoms with Crippen LogP contribution in [0.25, 0.3) is 0 Å². The molecule has 1 unspecified atom stereocenters. The highest BCUT2D eigenvalue weighted by Gasteiger charge is 2.08. The van der Waals surface area contributed by atoms with E-state index in [2.05, 4.69) is 5.32 Å². The van der Waals surface area contributed by atoms with Crippen molar-refractivity contribution in [3.8, 4) is 0 Å². The number of hydrogen-bond donors (Lipinski definition) is 2. The third-order valence-electron chi connectivity index (χ3n) is 2.19. The highest BCUT2D eigenvalue weighted by Crippen LogP contribution is 2.11. The minimum Gasteiger partial charge on any atom is -0.462 e. The molecule has 0 fully saturated rings. The number of ether oxygens (including phenoxy) is 1. The van der Waals surface area contributed by atoms with E-state index in [9.17, 15) is 9.59 Å². The van der Waals surface area contributed by atoms with Crippen molar-refractivity contribution in [3.63, 3.8) is 0 Å². The largest absolute Gasteiger partial charge is 0.462 e. The number of esters is 1. The van der Waals surface area contributed by atoms with Gasteiger partial charge in [-0.25, -0.2) is 4.79 Å². The SMILES string of the molecule is CCOC(=O)c1ccc(NC(=O)CC(C)N)cc1.Cl. The molecule has 6 heteroatoms. The van der Waals surface area contributed by atoms with E-state index >= 15 is 0 Å². The van der Waals surface area contributed by atoms with E-state index in [1.54, 1.807) is 38.1 Å². The van der Waals surface area contributed by atoms with Gasteiger partial charge in [0, 0.05) is 18.2 Å². The zero-order valence-corrected chi connectivity index (χ0v) is 11.8. The normalized spacial score (nSPS) is 11.1. The van der Waals surface area contributed by atoms with E-state index in [0.29, 0.717) is 17.9 Å². The summed E-state index contributed by atoms with van der Waals surface area (Å²) < 4.78 is 4.86. The third kappa shape index (κ3) is 6.22. The number of amides is 1. The van der Waals surface area contributed by atoms with Gasteiger partial charge in [-0.1, -0.05) is 0 Å². The summed E-state index contributed by atoms with van der Waals surface area (Å²) >= 11 is 0. The van der Waals surface area contributed by atoms with Crippen LogP contribution in [0.4, 0.5) is 5.69 Å². The Labute approximate surface area is 118 Å². The van der Waals surface area contributed by atoms with Crippen LogP contribution in [0.2, 0.25) is 0 Å². The standard InChI is InChI=1S/C13H18N2O3.ClH/c1-3-18-13(17)10-4-6-11(7-5-10)15-12(16)8-9(2)14;/h4-7,9H,3,8,14H2,1-2H3,(H,15,16);1H. The van der Waals surface area contributed by atoms with Crippen LogP contribution in [0.15, 0.2) is 24.3 Å². The van der Waals surface area contributed by atoms with E-state index in [1.807, 2.05) is 0 Å². The van der Waals surface area contributed by atoms with Crippen LogP contribution >= 0.6 is 12.4 Å². The molecular formula is C13H19ClN2O3. The van der Waals surface area contributed by atoms with Gasteiger partial charge in [-0.3, -0.25) is 4.79 Å². The molecule has 0 bridgehead atoms. The molecule has 1 aromatic rings. The number of anilines is 1. The fourth-order valence-electron chi connectivity index (χ4n) is 1.41. The topological polar surface area (TPSA) is 81.4 Å². The van der Waals surface area contributed by atoms with Crippen LogP contribution < -0.4 is 11.1 Å². The molecule has 0 saturated heterocycles. The van der Waals surface area contributed by atoms with Gasteiger partial charge in [0.05, 0.1) is 12.2 Å². The van der Waals surface area contributed by atoms with Crippen molar-refractivity contribution in [2.45, 2.75) is 26.3 Å². The van der Waals surface area contributed by atoms with Crippen molar-refractivity contribution in [1.29, 1.82) is 0 Å². The molecule has 19 heavy (non-hydrogen) atoms. The molecule has 0 aromatic heterocycles. The first kappa shape index (κ1) is 17.4. The first-order valence-corrected chi connectivity index (χ1v) is 5.85. The maximum absolute atomic E-state index is 11.5. The molecule has 1 aromatic carbocycles. The number of carbonyl (C=O) groups excluding carboxylic acids is 2. The van der Waals surface area contributed by atoms with E-state index in [-0.39, 0.29) is 36.7 Å². The van der Waals surface area contributed by atoms with Gasteiger partial charge < -0.3 is 15.8 Å². The van der Waals surface area contributed by atoms with Crippen molar-refractivity contribution in [2.24, 2.45) is 5.73 Å². The Hall–Kier alpha value is -1.59. The Morgan fingerprint density at radius 1 is 1.32 bits per heavy atom. The van der Waals surface area contributed by atoms with Crippen LogP contribution in [0.5, 0.6) is 0 Å². The lowest BCUT2D eigenvalue weighted by molar-refractivity contribution is -0.116. The summed E-state index contributed by atoms with van der Waals surface area (Å²) in [6.45, 7) is 3.86. The molecule has 1 rings (SSSR count). The van der Waals surface area contributed by atoms with E-state index in [1.165, 1.54) is 0 Å². The molecule has 0 aliphatic heterocycles. The number of nitrogens with two attached hydrogens (primary N) is 1. The Balaban J connectivity index is 0.00000324. The molecule has 0 aliphatic rings. The minimum atomic E-state index is -0.369. The number of hydrogen-bond acceptors (Lipinski definition) is 4. The van der Waals surface area contributed by atoms with E-state index in [4.69, 9.17) is 10.5 Å². The molecule has 0 aliphatic carbocycles. The molecule has 1 atom stereocenters. The Morgan fingerprint density at radius 3 is 2.37 bits per heavy atom. The maximum atomic E-state index is 11.5. The van der Waals surface area contributed by atoms with Gasteiger partial charge in [-0.15, -0.1) is 12.4 Å². The second-order valence-electron chi connectivity index (χ2n) is 4.03.